The summed E-state index contributed by atoms with van der Waals surface area (Å²) in [6.45, 7) is 6.56. The first-order valence-electron chi connectivity index (χ1n) is 6.33. The summed E-state index contributed by atoms with van der Waals surface area (Å²) in [6, 6.07) is 0. The summed E-state index contributed by atoms with van der Waals surface area (Å²) in [6.07, 6.45) is 2.12. The largest absolute Gasteiger partial charge is 0.370 e. The maximum absolute atomic E-state index is 10.6. The highest BCUT2D eigenvalue weighted by Gasteiger charge is 2.12. The Kier molecular flexibility index (Phi) is 6.35. The van der Waals surface area contributed by atoms with Gasteiger partial charge in [-0.3, -0.25) is 9.48 Å². The van der Waals surface area contributed by atoms with Crippen LogP contribution in [0.15, 0.2) is 4.47 Å². The predicted molar refractivity (Wildman–Crippen MR) is 75.1 cm³/mol. The summed E-state index contributed by atoms with van der Waals surface area (Å²) in [5, 5.41) is 7.84. The van der Waals surface area contributed by atoms with Gasteiger partial charge in [-0.1, -0.05) is 6.92 Å². The molecule has 18 heavy (non-hydrogen) atoms. The number of nitrogens with one attached hydrogen (secondary N) is 1. The number of nitrogens with two attached hydrogens (primary N) is 1. The molecule has 102 valence electrons. The molecule has 0 radical (unpaired) electrons. The van der Waals surface area contributed by atoms with Crippen molar-refractivity contribution in [2.24, 2.45) is 5.73 Å². The standard InChI is InChI=1S/C12H21BrN4O/c1-3-9-12(13)10(17(4-2)16-9)8-15-7-5-6-11(14)18/h15H,3-8H2,1-2H3,(H2,14,18). The van der Waals surface area contributed by atoms with Gasteiger partial charge in [0.25, 0.3) is 0 Å². The first-order valence-corrected chi connectivity index (χ1v) is 7.12. The maximum atomic E-state index is 10.6. The molecule has 1 heterocycles. The van der Waals surface area contributed by atoms with Gasteiger partial charge >= 0.3 is 0 Å². The number of amides is 1. The van der Waals surface area contributed by atoms with Gasteiger partial charge in [0, 0.05) is 19.5 Å². The molecular formula is C12H21BrN4O. The first-order chi connectivity index (χ1) is 8.60. The molecule has 0 aliphatic carbocycles. The Labute approximate surface area is 116 Å². The maximum Gasteiger partial charge on any atom is 0.217 e. The third kappa shape index (κ3) is 4.10. The Morgan fingerprint density at radius 2 is 2.22 bits per heavy atom. The minimum Gasteiger partial charge on any atom is -0.370 e. The molecule has 0 bridgehead atoms. The van der Waals surface area contributed by atoms with Crippen LogP contribution < -0.4 is 11.1 Å². The van der Waals surface area contributed by atoms with Crippen LogP contribution in [0.4, 0.5) is 0 Å². The lowest BCUT2D eigenvalue weighted by Crippen LogP contribution is -2.20. The van der Waals surface area contributed by atoms with Crippen molar-refractivity contribution in [1.82, 2.24) is 15.1 Å². The minimum absolute atomic E-state index is 0.246. The summed E-state index contributed by atoms with van der Waals surface area (Å²) < 4.78 is 3.10. The van der Waals surface area contributed by atoms with Gasteiger partial charge in [-0.05, 0) is 42.2 Å². The molecule has 0 aliphatic rings. The number of carbonyl (C=O) groups excluding carboxylic acids is 1. The second kappa shape index (κ2) is 7.53. The summed E-state index contributed by atoms with van der Waals surface area (Å²) in [5.41, 5.74) is 7.34. The Bertz CT molecular complexity index is 403. The number of aryl methyl sites for hydroxylation is 2. The lowest BCUT2D eigenvalue weighted by Gasteiger charge is -2.07. The fourth-order valence-corrected chi connectivity index (χ4v) is 2.49. The van der Waals surface area contributed by atoms with Gasteiger partial charge in [0.2, 0.25) is 5.91 Å². The highest BCUT2D eigenvalue weighted by atomic mass is 79.9. The van der Waals surface area contributed by atoms with E-state index in [0.29, 0.717) is 6.42 Å². The molecule has 5 nitrogen and oxygen atoms in total. The van der Waals surface area contributed by atoms with Crippen LogP contribution in [0, 0.1) is 0 Å². The van der Waals surface area contributed by atoms with E-state index in [2.05, 4.69) is 40.2 Å². The van der Waals surface area contributed by atoms with E-state index in [1.54, 1.807) is 0 Å². The van der Waals surface area contributed by atoms with E-state index in [1.807, 2.05) is 4.68 Å². The van der Waals surface area contributed by atoms with Crippen molar-refractivity contribution >= 4 is 21.8 Å². The molecule has 0 aromatic carbocycles. The van der Waals surface area contributed by atoms with Crippen molar-refractivity contribution in [3.8, 4) is 0 Å². The number of hydrogen-bond donors (Lipinski definition) is 2. The van der Waals surface area contributed by atoms with Crippen molar-refractivity contribution in [1.29, 1.82) is 0 Å². The van der Waals surface area contributed by atoms with E-state index in [4.69, 9.17) is 5.73 Å². The molecule has 6 heteroatoms. The van der Waals surface area contributed by atoms with Crippen molar-refractivity contribution in [3.05, 3.63) is 15.9 Å². The van der Waals surface area contributed by atoms with Gasteiger partial charge < -0.3 is 11.1 Å². The highest BCUT2D eigenvalue weighted by molar-refractivity contribution is 9.10. The van der Waals surface area contributed by atoms with Crippen molar-refractivity contribution in [2.45, 2.75) is 46.2 Å². The van der Waals surface area contributed by atoms with E-state index in [9.17, 15) is 4.79 Å². The quantitative estimate of drug-likeness (QED) is 0.715. The van der Waals surface area contributed by atoms with Crippen LogP contribution in [0.25, 0.3) is 0 Å². The SMILES string of the molecule is CCc1nn(CC)c(CNCCCC(N)=O)c1Br. The van der Waals surface area contributed by atoms with Crippen molar-refractivity contribution in [2.75, 3.05) is 6.54 Å². The molecule has 0 fully saturated rings. The van der Waals surface area contributed by atoms with E-state index in [1.165, 1.54) is 0 Å². The Balaban J connectivity index is 2.50. The zero-order valence-corrected chi connectivity index (χ0v) is 12.6. The predicted octanol–water partition coefficient (Wildman–Crippen LogP) is 1.58. The number of rotatable bonds is 8. The van der Waals surface area contributed by atoms with Gasteiger partial charge in [0.05, 0.1) is 15.9 Å². The average Bonchev–Trinajstić information content (AvgIpc) is 2.65. The lowest BCUT2D eigenvalue weighted by molar-refractivity contribution is -0.118. The molecule has 0 unspecified atom stereocenters. The van der Waals surface area contributed by atoms with Crippen LogP contribution >= 0.6 is 15.9 Å². The lowest BCUT2D eigenvalue weighted by atomic mass is 10.3. The number of aromatic nitrogens is 2. The van der Waals surface area contributed by atoms with Gasteiger partial charge in [0.15, 0.2) is 0 Å². The molecule has 0 saturated heterocycles. The molecule has 1 aromatic heterocycles. The molecule has 0 saturated carbocycles. The Morgan fingerprint density at radius 1 is 1.50 bits per heavy atom. The third-order valence-electron chi connectivity index (χ3n) is 2.76. The molecule has 0 atom stereocenters. The summed E-state index contributed by atoms with van der Waals surface area (Å²) in [5.74, 6) is -0.246. The van der Waals surface area contributed by atoms with Crippen LogP contribution in [0.3, 0.4) is 0 Å². The van der Waals surface area contributed by atoms with E-state index >= 15 is 0 Å². The second-order valence-corrected chi connectivity index (χ2v) is 4.92. The van der Waals surface area contributed by atoms with E-state index < -0.39 is 0 Å². The fourth-order valence-electron chi connectivity index (χ4n) is 1.78. The van der Waals surface area contributed by atoms with Crippen LogP contribution in [0.2, 0.25) is 0 Å². The minimum atomic E-state index is -0.246. The number of primary amides is 1. The van der Waals surface area contributed by atoms with Crippen LogP contribution in [-0.4, -0.2) is 22.2 Å². The summed E-state index contributed by atoms with van der Waals surface area (Å²) in [7, 11) is 0. The fraction of sp³-hybridized carbons (Fsp3) is 0.667. The molecule has 1 rings (SSSR count). The van der Waals surface area contributed by atoms with Gasteiger partial charge in [-0.15, -0.1) is 0 Å². The summed E-state index contributed by atoms with van der Waals surface area (Å²) >= 11 is 3.60. The van der Waals surface area contributed by atoms with Gasteiger partial charge in [-0.2, -0.15) is 5.10 Å². The summed E-state index contributed by atoms with van der Waals surface area (Å²) in [4.78, 5) is 10.6. The topological polar surface area (TPSA) is 72.9 Å². The molecule has 0 spiro atoms. The van der Waals surface area contributed by atoms with E-state index in [-0.39, 0.29) is 5.91 Å². The monoisotopic (exact) mass is 316 g/mol. The Morgan fingerprint density at radius 3 is 2.78 bits per heavy atom. The van der Waals surface area contributed by atoms with Crippen LogP contribution in [0.1, 0.15) is 38.1 Å². The van der Waals surface area contributed by atoms with Crippen molar-refractivity contribution in [3.63, 3.8) is 0 Å². The highest BCUT2D eigenvalue weighted by Crippen LogP contribution is 2.22. The third-order valence-corrected chi connectivity index (χ3v) is 3.68. The molecular weight excluding hydrogens is 296 g/mol. The van der Waals surface area contributed by atoms with Crippen LogP contribution in [0.5, 0.6) is 0 Å². The van der Waals surface area contributed by atoms with Gasteiger partial charge in [-0.25, -0.2) is 0 Å². The molecule has 3 N–H and O–H groups in total. The molecule has 0 aliphatic heterocycles. The first kappa shape index (κ1) is 15.2. The number of hydrogen-bond acceptors (Lipinski definition) is 3. The zero-order chi connectivity index (χ0) is 13.5. The second-order valence-electron chi connectivity index (χ2n) is 4.12. The van der Waals surface area contributed by atoms with Crippen LogP contribution in [-0.2, 0) is 24.3 Å². The van der Waals surface area contributed by atoms with E-state index in [0.717, 1.165) is 48.3 Å². The smallest absolute Gasteiger partial charge is 0.217 e. The Hall–Kier alpha value is -0.880. The van der Waals surface area contributed by atoms with Gasteiger partial charge in [0.1, 0.15) is 0 Å². The van der Waals surface area contributed by atoms with Crippen molar-refractivity contribution < 1.29 is 4.79 Å². The zero-order valence-electron chi connectivity index (χ0n) is 11.0. The molecule has 1 amide bonds. The number of nitrogens with zero attached hydrogens (tertiary/aromatic N) is 2. The number of carbonyl (C=O) groups is 1. The normalized spacial score (nSPS) is 10.8. The average molecular weight is 317 g/mol. The molecule has 1 aromatic rings. The number of halogens is 1.